The fourth-order valence-electron chi connectivity index (χ4n) is 2.05. The molecule has 3 rings (SSSR count). The Hall–Kier alpha value is -1.65. The van der Waals surface area contributed by atoms with Crippen LogP contribution >= 0.6 is 0 Å². The Labute approximate surface area is 99.7 Å². The van der Waals surface area contributed by atoms with Crippen LogP contribution in [0.25, 0.3) is 10.8 Å². The van der Waals surface area contributed by atoms with E-state index in [9.17, 15) is 5.11 Å². The molecule has 1 saturated heterocycles. The number of aliphatic hydroxyl groups is 1. The van der Waals surface area contributed by atoms with E-state index in [4.69, 9.17) is 0 Å². The van der Waals surface area contributed by atoms with E-state index in [-0.39, 0.29) is 0 Å². The molecule has 0 spiro atoms. The number of hydrogen-bond donors (Lipinski definition) is 3. The van der Waals surface area contributed by atoms with E-state index >= 15 is 0 Å². The molecular weight excluding hydrogens is 214 g/mol. The van der Waals surface area contributed by atoms with Crippen LogP contribution < -0.4 is 10.6 Å². The number of anilines is 1. The summed E-state index contributed by atoms with van der Waals surface area (Å²) in [4.78, 5) is 4.33. The lowest BCUT2D eigenvalue weighted by Gasteiger charge is -2.37. The maximum Gasteiger partial charge on any atom is 0.133 e. The van der Waals surface area contributed by atoms with Crippen molar-refractivity contribution >= 4 is 16.6 Å². The Morgan fingerprint density at radius 1 is 1.29 bits per heavy atom. The zero-order chi connectivity index (χ0) is 11.7. The molecule has 1 aliphatic heterocycles. The lowest BCUT2D eigenvalue weighted by Crippen LogP contribution is -2.63. The fraction of sp³-hybridized carbons (Fsp3) is 0.308. The summed E-state index contributed by atoms with van der Waals surface area (Å²) in [5.41, 5.74) is -0.626. The number of benzene rings is 1. The average Bonchev–Trinajstić information content (AvgIpc) is 2.34. The highest BCUT2D eigenvalue weighted by molar-refractivity contribution is 5.91. The van der Waals surface area contributed by atoms with Crippen molar-refractivity contribution in [1.29, 1.82) is 0 Å². The van der Waals surface area contributed by atoms with Crippen LogP contribution in [0.2, 0.25) is 0 Å². The van der Waals surface area contributed by atoms with Gasteiger partial charge in [-0.15, -0.1) is 0 Å². The standard InChI is InChI=1S/C13H15N3O/c17-13(7-14-8-13)9-16-12-11-4-2-1-3-10(11)5-6-15-12/h1-6,14,17H,7-9H2,(H,15,16). The molecule has 17 heavy (non-hydrogen) atoms. The maximum atomic E-state index is 9.99. The summed E-state index contributed by atoms with van der Waals surface area (Å²) < 4.78 is 0. The van der Waals surface area contributed by atoms with Crippen LogP contribution in [0.15, 0.2) is 36.5 Å². The molecule has 3 N–H and O–H groups in total. The molecule has 0 aliphatic carbocycles. The molecule has 1 aliphatic rings. The van der Waals surface area contributed by atoms with Gasteiger partial charge in [0.25, 0.3) is 0 Å². The molecular formula is C13H15N3O. The first-order chi connectivity index (χ1) is 8.27. The van der Waals surface area contributed by atoms with Gasteiger partial charge < -0.3 is 15.7 Å². The highest BCUT2D eigenvalue weighted by Gasteiger charge is 2.33. The van der Waals surface area contributed by atoms with Gasteiger partial charge in [-0.3, -0.25) is 0 Å². The maximum absolute atomic E-state index is 9.99. The van der Waals surface area contributed by atoms with E-state index in [0.717, 1.165) is 16.6 Å². The van der Waals surface area contributed by atoms with Gasteiger partial charge >= 0.3 is 0 Å². The summed E-state index contributed by atoms with van der Waals surface area (Å²) >= 11 is 0. The number of rotatable bonds is 3. The van der Waals surface area contributed by atoms with E-state index in [1.807, 2.05) is 24.3 Å². The van der Waals surface area contributed by atoms with Crippen LogP contribution in [0.5, 0.6) is 0 Å². The number of β-amino-alcohol motifs (C(OH)–C–C–N with tert-alkyl or cyclic N) is 1. The summed E-state index contributed by atoms with van der Waals surface area (Å²) in [5.74, 6) is 0.837. The van der Waals surface area contributed by atoms with Crippen molar-refractivity contribution in [3.8, 4) is 0 Å². The third-order valence-corrected chi connectivity index (χ3v) is 3.17. The van der Waals surface area contributed by atoms with Gasteiger partial charge in [-0.1, -0.05) is 24.3 Å². The lowest BCUT2D eigenvalue weighted by atomic mass is 9.97. The number of nitrogens with zero attached hydrogens (tertiary/aromatic N) is 1. The summed E-state index contributed by atoms with van der Waals surface area (Å²) in [6.45, 7) is 1.82. The topological polar surface area (TPSA) is 57.2 Å². The molecule has 1 aromatic carbocycles. The highest BCUT2D eigenvalue weighted by atomic mass is 16.3. The molecule has 2 aromatic rings. The molecule has 1 aromatic heterocycles. The Morgan fingerprint density at radius 2 is 2.12 bits per heavy atom. The van der Waals surface area contributed by atoms with Gasteiger partial charge in [0.05, 0.1) is 0 Å². The van der Waals surface area contributed by atoms with Gasteiger partial charge in [0.1, 0.15) is 11.4 Å². The number of nitrogens with one attached hydrogen (secondary N) is 2. The van der Waals surface area contributed by atoms with Crippen molar-refractivity contribution in [3.63, 3.8) is 0 Å². The molecule has 0 amide bonds. The van der Waals surface area contributed by atoms with Crippen molar-refractivity contribution in [2.75, 3.05) is 25.0 Å². The van der Waals surface area contributed by atoms with Crippen LogP contribution in [0.4, 0.5) is 5.82 Å². The van der Waals surface area contributed by atoms with Crippen molar-refractivity contribution < 1.29 is 5.11 Å². The third-order valence-electron chi connectivity index (χ3n) is 3.17. The summed E-state index contributed by atoms with van der Waals surface area (Å²) in [7, 11) is 0. The SMILES string of the molecule is OC1(CNc2nccc3ccccc23)CNC1. The first-order valence-corrected chi connectivity index (χ1v) is 5.78. The summed E-state index contributed by atoms with van der Waals surface area (Å²) in [6.07, 6.45) is 1.79. The van der Waals surface area contributed by atoms with Crippen LogP contribution in [-0.2, 0) is 0 Å². The van der Waals surface area contributed by atoms with E-state index in [2.05, 4.69) is 21.7 Å². The Kier molecular flexibility index (Phi) is 2.46. The van der Waals surface area contributed by atoms with Gasteiger partial charge in [-0.25, -0.2) is 4.98 Å². The quantitative estimate of drug-likeness (QED) is 0.734. The largest absolute Gasteiger partial charge is 0.385 e. The minimum Gasteiger partial charge on any atom is -0.385 e. The number of pyridine rings is 1. The average molecular weight is 229 g/mol. The summed E-state index contributed by atoms with van der Waals surface area (Å²) in [6, 6.07) is 10.1. The smallest absolute Gasteiger partial charge is 0.133 e. The van der Waals surface area contributed by atoms with Crippen LogP contribution in [-0.4, -0.2) is 35.3 Å². The fourth-order valence-corrected chi connectivity index (χ4v) is 2.05. The molecule has 2 heterocycles. The molecule has 0 radical (unpaired) electrons. The number of fused-ring (bicyclic) bond motifs is 1. The van der Waals surface area contributed by atoms with Gasteiger partial charge in [-0.2, -0.15) is 0 Å². The first kappa shape index (κ1) is 10.5. The second-order valence-corrected chi connectivity index (χ2v) is 4.56. The monoisotopic (exact) mass is 229 g/mol. The van der Waals surface area contributed by atoms with Gasteiger partial charge in [0.2, 0.25) is 0 Å². The van der Waals surface area contributed by atoms with Gasteiger partial charge in [0.15, 0.2) is 0 Å². The van der Waals surface area contributed by atoms with E-state index in [1.165, 1.54) is 0 Å². The van der Waals surface area contributed by atoms with Crippen molar-refractivity contribution in [2.45, 2.75) is 5.60 Å². The van der Waals surface area contributed by atoms with Gasteiger partial charge in [-0.05, 0) is 11.5 Å². The molecule has 0 saturated carbocycles. The molecule has 4 nitrogen and oxygen atoms in total. The highest BCUT2D eigenvalue weighted by Crippen LogP contribution is 2.21. The Morgan fingerprint density at radius 3 is 2.88 bits per heavy atom. The van der Waals surface area contributed by atoms with Crippen molar-refractivity contribution in [3.05, 3.63) is 36.5 Å². The van der Waals surface area contributed by atoms with E-state index in [0.29, 0.717) is 19.6 Å². The number of hydrogen-bond acceptors (Lipinski definition) is 4. The lowest BCUT2D eigenvalue weighted by molar-refractivity contribution is 0.00309. The van der Waals surface area contributed by atoms with Gasteiger partial charge in [0, 0.05) is 31.2 Å². The number of aromatic nitrogens is 1. The van der Waals surface area contributed by atoms with Crippen LogP contribution in [0, 0.1) is 0 Å². The molecule has 0 atom stereocenters. The molecule has 1 fully saturated rings. The predicted molar refractivity (Wildman–Crippen MR) is 68.1 cm³/mol. The minimum atomic E-state index is -0.626. The van der Waals surface area contributed by atoms with Crippen molar-refractivity contribution in [2.24, 2.45) is 0 Å². The zero-order valence-corrected chi connectivity index (χ0v) is 9.48. The summed E-state index contributed by atoms with van der Waals surface area (Å²) in [5, 5.41) is 18.5. The zero-order valence-electron chi connectivity index (χ0n) is 9.48. The molecule has 4 heteroatoms. The normalized spacial score (nSPS) is 17.7. The first-order valence-electron chi connectivity index (χ1n) is 5.78. The van der Waals surface area contributed by atoms with E-state index in [1.54, 1.807) is 6.20 Å². The second-order valence-electron chi connectivity index (χ2n) is 4.56. The second kappa shape index (κ2) is 3.98. The third kappa shape index (κ3) is 1.97. The van der Waals surface area contributed by atoms with Crippen LogP contribution in [0.1, 0.15) is 0 Å². The van der Waals surface area contributed by atoms with E-state index < -0.39 is 5.60 Å². The Bertz CT molecular complexity index is 532. The predicted octanol–water partition coefficient (Wildman–Crippen LogP) is 0.981. The van der Waals surface area contributed by atoms with Crippen LogP contribution in [0.3, 0.4) is 0 Å². The van der Waals surface area contributed by atoms with Crippen molar-refractivity contribution in [1.82, 2.24) is 10.3 Å². The Balaban J connectivity index is 1.85. The molecule has 88 valence electrons. The molecule has 0 bridgehead atoms. The molecule has 0 unspecified atom stereocenters. The minimum absolute atomic E-state index is 0.529.